The molecular formula is C28H28N2O4. The number of hydrogen-bond acceptors (Lipinski definition) is 5. The highest BCUT2D eigenvalue weighted by Gasteiger charge is 2.43. The fraction of sp³-hybridized carbons (Fsp3) is 0.214. The van der Waals surface area contributed by atoms with E-state index in [1.54, 1.807) is 25.3 Å². The Morgan fingerprint density at radius 1 is 0.794 bits per heavy atom. The maximum atomic E-state index is 13.9. The highest BCUT2D eigenvalue weighted by molar-refractivity contribution is 6.46. The van der Waals surface area contributed by atoms with E-state index in [0.29, 0.717) is 40.6 Å². The molecule has 3 aromatic rings. The molecule has 0 saturated carbocycles. The van der Waals surface area contributed by atoms with Crippen LogP contribution in [-0.2, 0) is 9.59 Å². The molecule has 174 valence electrons. The van der Waals surface area contributed by atoms with Gasteiger partial charge in [0.25, 0.3) is 11.8 Å². The van der Waals surface area contributed by atoms with Crippen LogP contribution in [0.2, 0.25) is 0 Å². The smallest absolute Gasteiger partial charge is 0.282 e. The van der Waals surface area contributed by atoms with Gasteiger partial charge in [0.15, 0.2) is 11.5 Å². The Labute approximate surface area is 200 Å². The van der Waals surface area contributed by atoms with E-state index in [4.69, 9.17) is 9.47 Å². The van der Waals surface area contributed by atoms with Crippen LogP contribution in [-0.4, -0.2) is 32.6 Å². The van der Waals surface area contributed by atoms with Gasteiger partial charge >= 0.3 is 0 Å². The minimum Gasteiger partial charge on any atom is -0.493 e. The second-order valence-electron chi connectivity index (χ2n) is 8.09. The predicted octanol–water partition coefficient (Wildman–Crippen LogP) is 5.13. The average molecular weight is 457 g/mol. The second kappa shape index (κ2) is 9.43. The molecule has 0 fully saturated rings. The van der Waals surface area contributed by atoms with Gasteiger partial charge in [-0.2, -0.15) is 0 Å². The number of likely N-dealkylation sites (N-methyl/N-ethyl adjacent to an activating group) is 1. The zero-order valence-electron chi connectivity index (χ0n) is 20.1. The molecule has 0 aliphatic carbocycles. The van der Waals surface area contributed by atoms with E-state index >= 15 is 0 Å². The largest absolute Gasteiger partial charge is 0.493 e. The lowest BCUT2D eigenvalue weighted by molar-refractivity contribution is -0.120. The van der Waals surface area contributed by atoms with Crippen molar-refractivity contribution in [3.05, 3.63) is 89.1 Å². The average Bonchev–Trinajstić information content (AvgIpc) is 3.11. The molecule has 0 unspecified atom stereocenters. The van der Waals surface area contributed by atoms with Crippen LogP contribution in [0.25, 0.3) is 5.57 Å². The van der Waals surface area contributed by atoms with Crippen LogP contribution >= 0.6 is 0 Å². The van der Waals surface area contributed by atoms with Crippen LogP contribution < -0.4 is 19.3 Å². The van der Waals surface area contributed by atoms with Gasteiger partial charge in [-0.15, -0.1) is 0 Å². The number of benzene rings is 3. The number of hydrogen-bond donors (Lipinski definition) is 0. The number of ether oxygens (including phenoxy) is 2. The van der Waals surface area contributed by atoms with E-state index < -0.39 is 0 Å². The van der Waals surface area contributed by atoms with Crippen molar-refractivity contribution in [1.29, 1.82) is 0 Å². The van der Waals surface area contributed by atoms with E-state index in [-0.39, 0.29) is 11.8 Å². The summed E-state index contributed by atoms with van der Waals surface area (Å²) in [5.74, 6) is 0.213. The maximum Gasteiger partial charge on any atom is 0.282 e. The van der Waals surface area contributed by atoms with Crippen molar-refractivity contribution < 1.29 is 19.1 Å². The van der Waals surface area contributed by atoms with Crippen LogP contribution in [0.1, 0.15) is 23.6 Å². The lowest BCUT2D eigenvalue weighted by Gasteiger charge is -2.25. The molecule has 0 bridgehead atoms. The second-order valence-corrected chi connectivity index (χ2v) is 8.09. The molecule has 0 radical (unpaired) electrons. The number of aryl methyl sites for hydroxylation is 2. The number of carbonyl (C=O) groups excluding carboxylic acids is 2. The van der Waals surface area contributed by atoms with Gasteiger partial charge in [0.1, 0.15) is 5.70 Å². The maximum absolute atomic E-state index is 13.9. The van der Waals surface area contributed by atoms with Gasteiger partial charge in [0.2, 0.25) is 0 Å². The molecule has 0 spiro atoms. The molecular weight excluding hydrogens is 428 g/mol. The van der Waals surface area contributed by atoms with Crippen LogP contribution in [0, 0.1) is 13.8 Å². The normalized spacial score (nSPS) is 13.5. The summed E-state index contributed by atoms with van der Waals surface area (Å²) in [6.07, 6.45) is 0. The van der Waals surface area contributed by atoms with Crippen molar-refractivity contribution >= 4 is 28.8 Å². The Hall–Kier alpha value is -4.06. The lowest BCUT2D eigenvalue weighted by Crippen LogP contribution is -2.35. The summed E-state index contributed by atoms with van der Waals surface area (Å²) in [5, 5.41) is 0. The summed E-state index contributed by atoms with van der Waals surface area (Å²) in [7, 11) is 3.06. The fourth-order valence-electron chi connectivity index (χ4n) is 4.20. The summed E-state index contributed by atoms with van der Waals surface area (Å²) in [4.78, 5) is 30.9. The number of methoxy groups -OCH3 is 2. The summed E-state index contributed by atoms with van der Waals surface area (Å²) in [5.41, 5.74) is 4.90. The van der Waals surface area contributed by atoms with Crippen molar-refractivity contribution in [2.45, 2.75) is 20.8 Å². The van der Waals surface area contributed by atoms with Gasteiger partial charge in [0.05, 0.1) is 25.5 Å². The van der Waals surface area contributed by atoms with Crippen LogP contribution in [0.4, 0.5) is 11.4 Å². The molecule has 0 N–H and O–H groups in total. The Morgan fingerprint density at radius 3 is 2.12 bits per heavy atom. The van der Waals surface area contributed by atoms with Crippen molar-refractivity contribution in [1.82, 2.24) is 0 Å². The van der Waals surface area contributed by atoms with E-state index in [1.165, 1.54) is 12.0 Å². The van der Waals surface area contributed by atoms with Crippen molar-refractivity contribution in [3.63, 3.8) is 0 Å². The van der Waals surface area contributed by atoms with E-state index in [2.05, 4.69) is 0 Å². The third-order valence-electron chi connectivity index (χ3n) is 6.13. The molecule has 0 saturated heterocycles. The zero-order chi connectivity index (χ0) is 24.4. The van der Waals surface area contributed by atoms with Gasteiger partial charge < -0.3 is 14.4 Å². The SMILES string of the molecule is CCN(C1=C(c2ccc(C)c(C)c2)C(=O)N(c2ccc(OC)c(OC)c2)C1=O)c1ccccc1. The molecule has 1 aliphatic heterocycles. The molecule has 0 atom stereocenters. The molecule has 1 aliphatic rings. The number of amides is 2. The lowest BCUT2D eigenvalue weighted by atomic mass is 9.99. The molecule has 6 nitrogen and oxygen atoms in total. The Morgan fingerprint density at radius 2 is 1.50 bits per heavy atom. The summed E-state index contributed by atoms with van der Waals surface area (Å²) in [6.45, 7) is 6.51. The highest BCUT2D eigenvalue weighted by Crippen LogP contribution is 2.39. The van der Waals surface area contributed by atoms with E-state index in [1.807, 2.05) is 74.2 Å². The first kappa shape index (κ1) is 23.1. The molecule has 0 aromatic heterocycles. The topological polar surface area (TPSA) is 59.1 Å². The number of imide groups is 1. The monoisotopic (exact) mass is 456 g/mol. The van der Waals surface area contributed by atoms with Gasteiger partial charge in [-0.05, 0) is 61.7 Å². The van der Waals surface area contributed by atoms with E-state index in [0.717, 1.165) is 16.8 Å². The predicted molar refractivity (Wildman–Crippen MR) is 134 cm³/mol. The van der Waals surface area contributed by atoms with Gasteiger partial charge in [0, 0.05) is 18.3 Å². The Kier molecular flexibility index (Phi) is 6.41. The number of nitrogens with zero attached hydrogens (tertiary/aromatic N) is 2. The van der Waals surface area contributed by atoms with Crippen LogP contribution in [0.5, 0.6) is 11.5 Å². The number of rotatable bonds is 7. The third-order valence-corrected chi connectivity index (χ3v) is 6.13. The first-order chi connectivity index (χ1) is 16.4. The summed E-state index contributed by atoms with van der Waals surface area (Å²) < 4.78 is 10.7. The molecule has 2 amide bonds. The molecule has 34 heavy (non-hydrogen) atoms. The number of carbonyl (C=O) groups is 2. The Balaban J connectivity index is 1.91. The third kappa shape index (κ3) is 3.92. The fourth-order valence-corrected chi connectivity index (χ4v) is 4.20. The minimum atomic E-state index is -0.379. The van der Waals surface area contributed by atoms with Crippen molar-refractivity contribution in [2.75, 3.05) is 30.6 Å². The summed E-state index contributed by atoms with van der Waals surface area (Å²) in [6, 6.07) is 20.5. The minimum absolute atomic E-state index is 0.358. The van der Waals surface area contributed by atoms with Gasteiger partial charge in [-0.1, -0.05) is 36.4 Å². The molecule has 3 aromatic carbocycles. The van der Waals surface area contributed by atoms with Crippen LogP contribution in [0.15, 0.2) is 72.4 Å². The van der Waals surface area contributed by atoms with E-state index in [9.17, 15) is 9.59 Å². The van der Waals surface area contributed by atoms with Gasteiger partial charge in [-0.3, -0.25) is 9.59 Å². The number of anilines is 2. The quantitative estimate of drug-likeness (QED) is 0.461. The summed E-state index contributed by atoms with van der Waals surface area (Å²) >= 11 is 0. The van der Waals surface area contributed by atoms with Gasteiger partial charge in [-0.25, -0.2) is 4.90 Å². The Bertz CT molecular complexity index is 1280. The van der Waals surface area contributed by atoms with Crippen molar-refractivity contribution in [3.8, 4) is 11.5 Å². The first-order valence-electron chi connectivity index (χ1n) is 11.2. The zero-order valence-corrected chi connectivity index (χ0v) is 20.1. The highest BCUT2D eigenvalue weighted by atomic mass is 16.5. The molecule has 6 heteroatoms. The number of para-hydroxylation sites is 1. The standard InChI is InChI=1S/C28H28N2O4/c1-6-29(21-10-8-7-9-11-21)26-25(20-13-12-18(2)19(3)16-20)27(31)30(28(26)32)22-14-15-23(33-4)24(17-22)34-5/h7-17H,6H2,1-5H3. The first-order valence-corrected chi connectivity index (χ1v) is 11.2. The van der Waals surface area contributed by atoms with Crippen molar-refractivity contribution in [2.24, 2.45) is 0 Å². The van der Waals surface area contributed by atoms with Crippen LogP contribution in [0.3, 0.4) is 0 Å². The molecule has 1 heterocycles. The molecule has 4 rings (SSSR count).